The SMILES string of the molecule is COc1ccc(NC(=O)c2sccc2S(=O)(=O)N(C)c2ccccc2)cc1Cl. The maximum absolute atomic E-state index is 13.0. The van der Waals surface area contributed by atoms with E-state index in [1.807, 2.05) is 0 Å². The quantitative estimate of drug-likeness (QED) is 0.617. The summed E-state index contributed by atoms with van der Waals surface area (Å²) in [4.78, 5) is 12.7. The van der Waals surface area contributed by atoms with Gasteiger partial charge >= 0.3 is 0 Å². The average Bonchev–Trinajstić information content (AvgIpc) is 3.19. The standard InChI is InChI=1S/C19H17ClN2O4S2/c1-22(14-6-4-3-5-7-14)28(24,25)17-10-11-27-18(17)19(23)21-13-8-9-16(26-2)15(20)12-13/h3-12H,1-2H3,(H,21,23). The predicted molar refractivity (Wildman–Crippen MR) is 112 cm³/mol. The van der Waals surface area contributed by atoms with Gasteiger partial charge in [-0.1, -0.05) is 29.8 Å². The van der Waals surface area contributed by atoms with Gasteiger partial charge in [-0.3, -0.25) is 9.10 Å². The zero-order valence-electron chi connectivity index (χ0n) is 15.0. The van der Waals surface area contributed by atoms with Crippen LogP contribution in [0, 0.1) is 0 Å². The lowest BCUT2D eigenvalue weighted by molar-refractivity contribution is 0.102. The first-order valence-corrected chi connectivity index (χ1v) is 10.8. The summed E-state index contributed by atoms with van der Waals surface area (Å²) in [5.41, 5.74) is 0.936. The number of carbonyl (C=O) groups is 1. The fourth-order valence-corrected chi connectivity index (χ4v) is 5.27. The third kappa shape index (κ3) is 3.99. The molecule has 3 aromatic rings. The van der Waals surface area contributed by atoms with Crippen molar-refractivity contribution in [2.45, 2.75) is 4.90 Å². The van der Waals surface area contributed by atoms with E-state index in [4.69, 9.17) is 16.3 Å². The van der Waals surface area contributed by atoms with Crippen LogP contribution < -0.4 is 14.4 Å². The molecule has 0 bridgehead atoms. The summed E-state index contributed by atoms with van der Waals surface area (Å²) < 4.78 is 32.3. The summed E-state index contributed by atoms with van der Waals surface area (Å²) in [6.07, 6.45) is 0. The van der Waals surface area contributed by atoms with Gasteiger partial charge in [0.2, 0.25) is 0 Å². The number of benzene rings is 2. The Labute approximate surface area is 172 Å². The van der Waals surface area contributed by atoms with Crippen LogP contribution in [0.25, 0.3) is 0 Å². The molecule has 0 aliphatic heterocycles. The van der Waals surface area contributed by atoms with E-state index in [1.165, 1.54) is 26.3 Å². The summed E-state index contributed by atoms with van der Waals surface area (Å²) in [5, 5.41) is 4.58. The van der Waals surface area contributed by atoms with Crippen molar-refractivity contribution in [2.24, 2.45) is 0 Å². The van der Waals surface area contributed by atoms with Gasteiger partial charge < -0.3 is 10.1 Å². The lowest BCUT2D eigenvalue weighted by Gasteiger charge is -2.19. The summed E-state index contributed by atoms with van der Waals surface area (Å²) in [7, 11) is -0.955. The van der Waals surface area contributed by atoms with E-state index in [2.05, 4.69) is 5.32 Å². The summed E-state index contributed by atoms with van der Waals surface area (Å²) >= 11 is 7.13. The Morgan fingerprint density at radius 2 is 1.86 bits per heavy atom. The van der Waals surface area contributed by atoms with Crippen molar-refractivity contribution in [3.8, 4) is 5.75 Å². The number of thiophene rings is 1. The minimum atomic E-state index is -3.90. The molecule has 0 aliphatic rings. The van der Waals surface area contributed by atoms with Gasteiger partial charge in [0.05, 0.1) is 17.8 Å². The molecule has 6 nitrogen and oxygen atoms in total. The number of ether oxygens (including phenoxy) is 1. The second-order valence-corrected chi connectivity index (χ2v) is 8.99. The molecular formula is C19H17ClN2O4S2. The highest BCUT2D eigenvalue weighted by molar-refractivity contribution is 7.93. The second-order valence-electron chi connectivity index (χ2n) is 5.73. The van der Waals surface area contributed by atoms with Crippen molar-refractivity contribution < 1.29 is 17.9 Å². The summed E-state index contributed by atoms with van der Waals surface area (Å²) in [6, 6.07) is 14.9. The average molecular weight is 437 g/mol. The van der Waals surface area contributed by atoms with Gasteiger partial charge in [0.1, 0.15) is 15.5 Å². The zero-order valence-corrected chi connectivity index (χ0v) is 17.4. The predicted octanol–water partition coefficient (Wildman–Crippen LogP) is 4.49. The molecule has 9 heteroatoms. The van der Waals surface area contributed by atoms with Crippen LogP contribution >= 0.6 is 22.9 Å². The number of hydrogen-bond acceptors (Lipinski definition) is 5. The molecule has 0 radical (unpaired) electrons. The first-order valence-electron chi connectivity index (χ1n) is 8.11. The first kappa shape index (κ1) is 20.2. The third-order valence-electron chi connectivity index (χ3n) is 4.00. The number of anilines is 2. The number of methoxy groups -OCH3 is 1. The van der Waals surface area contributed by atoms with E-state index >= 15 is 0 Å². The fraction of sp³-hybridized carbons (Fsp3) is 0.105. The van der Waals surface area contributed by atoms with E-state index in [0.717, 1.165) is 15.6 Å². The third-order valence-corrected chi connectivity index (χ3v) is 7.17. The molecule has 28 heavy (non-hydrogen) atoms. The van der Waals surface area contributed by atoms with E-state index < -0.39 is 15.9 Å². The van der Waals surface area contributed by atoms with Gasteiger partial charge in [-0.15, -0.1) is 11.3 Å². The molecular weight excluding hydrogens is 420 g/mol. The van der Waals surface area contributed by atoms with E-state index in [9.17, 15) is 13.2 Å². The largest absolute Gasteiger partial charge is 0.495 e. The molecule has 0 saturated carbocycles. The second kappa shape index (κ2) is 8.22. The molecule has 0 spiro atoms. The Hall–Kier alpha value is -2.55. The van der Waals surface area contributed by atoms with E-state index in [1.54, 1.807) is 47.8 Å². The molecule has 1 amide bonds. The van der Waals surface area contributed by atoms with Gasteiger partial charge in [-0.2, -0.15) is 0 Å². The molecule has 1 heterocycles. The molecule has 146 valence electrons. The van der Waals surface area contributed by atoms with Crippen molar-refractivity contribution in [1.82, 2.24) is 0 Å². The van der Waals surface area contributed by atoms with Gasteiger partial charge in [-0.05, 0) is 41.8 Å². The monoisotopic (exact) mass is 436 g/mol. The number of amides is 1. The number of nitrogens with zero attached hydrogens (tertiary/aromatic N) is 1. The van der Waals surface area contributed by atoms with Crippen molar-refractivity contribution in [1.29, 1.82) is 0 Å². The maximum Gasteiger partial charge on any atom is 0.267 e. The Kier molecular flexibility index (Phi) is 5.93. The highest BCUT2D eigenvalue weighted by Crippen LogP contribution is 2.30. The van der Waals surface area contributed by atoms with Crippen LogP contribution in [-0.2, 0) is 10.0 Å². The number of sulfonamides is 1. The minimum Gasteiger partial charge on any atom is -0.495 e. The van der Waals surface area contributed by atoms with Crippen LogP contribution in [0.1, 0.15) is 9.67 Å². The Morgan fingerprint density at radius 1 is 1.14 bits per heavy atom. The highest BCUT2D eigenvalue weighted by atomic mass is 35.5. The molecule has 0 unspecified atom stereocenters. The van der Waals surface area contributed by atoms with Crippen molar-refractivity contribution in [3.63, 3.8) is 0 Å². The van der Waals surface area contributed by atoms with Gasteiger partial charge in [0.25, 0.3) is 15.9 Å². The Bertz CT molecular complexity index is 1100. The van der Waals surface area contributed by atoms with E-state index in [0.29, 0.717) is 22.1 Å². The van der Waals surface area contributed by atoms with Crippen molar-refractivity contribution in [3.05, 3.63) is 69.9 Å². The smallest absolute Gasteiger partial charge is 0.267 e. The van der Waals surface area contributed by atoms with Crippen LogP contribution in [-0.4, -0.2) is 28.5 Å². The van der Waals surface area contributed by atoms with Crippen molar-refractivity contribution >= 4 is 50.2 Å². The lowest BCUT2D eigenvalue weighted by Crippen LogP contribution is -2.28. The van der Waals surface area contributed by atoms with Crippen LogP contribution in [0.3, 0.4) is 0 Å². The fourth-order valence-electron chi connectivity index (χ4n) is 2.52. The van der Waals surface area contributed by atoms with Gasteiger partial charge in [0, 0.05) is 12.7 Å². The zero-order chi connectivity index (χ0) is 20.3. The van der Waals surface area contributed by atoms with Crippen LogP contribution in [0.15, 0.2) is 64.9 Å². The normalized spacial score (nSPS) is 11.1. The number of halogens is 1. The molecule has 0 saturated heterocycles. The van der Waals surface area contributed by atoms with Gasteiger partial charge in [0.15, 0.2) is 0 Å². The molecule has 3 rings (SSSR count). The van der Waals surface area contributed by atoms with Gasteiger partial charge in [-0.25, -0.2) is 8.42 Å². The number of para-hydroxylation sites is 1. The highest BCUT2D eigenvalue weighted by Gasteiger charge is 2.28. The number of rotatable bonds is 6. The molecule has 0 fully saturated rings. The Balaban J connectivity index is 1.88. The topological polar surface area (TPSA) is 75.7 Å². The minimum absolute atomic E-state index is 0.0547. The van der Waals surface area contributed by atoms with Crippen LogP contribution in [0.4, 0.5) is 11.4 Å². The summed E-state index contributed by atoms with van der Waals surface area (Å²) in [5.74, 6) is -0.0557. The molecule has 1 N–H and O–H groups in total. The van der Waals surface area contributed by atoms with Crippen LogP contribution in [0.5, 0.6) is 5.75 Å². The first-order chi connectivity index (χ1) is 13.3. The molecule has 0 aliphatic carbocycles. The molecule has 0 atom stereocenters. The summed E-state index contributed by atoms with van der Waals surface area (Å²) in [6.45, 7) is 0. The number of hydrogen-bond donors (Lipinski definition) is 1. The maximum atomic E-state index is 13.0. The van der Waals surface area contributed by atoms with E-state index in [-0.39, 0.29) is 9.77 Å². The number of carbonyl (C=O) groups excluding carboxylic acids is 1. The Morgan fingerprint density at radius 3 is 2.50 bits per heavy atom. The number of nitrogens with one attached hydrogen (secondary N) is 1. The van der Waals surface area contributed by atoms with Crippen molar-refractivity contribution in [2.75, 3.05) is 23.8 Å². The molecule has 2 aromatic carbocycles. The molecule has 1 aromatic heterocycles. The lowest BCUT2D eigenvalue weighted by atomic mass is 10.3. The van der Waals surface area contributed by atoms with Crippen LogP contribution in [0.2, 0.25) is 5.02 Å².